The lowest BCUT2D eigenvalue weighted by atomic mass is 10.3. The van der Waals surface area contributed by atoms with E-state index in [2.05, 4.69) is 14.1 Å². The molecule has 0 unspecified atom stereocenters. The molecule has 2 rings (SSSR count). The van der Waals surface area contributed by atoms with Crippen molar-refractivity contribution in [2.45, 2.75) is 11.8 Å². The number of aryl methyl sites for hydroxylation is 1. The van der Waals surface area contributed by atoms with E-state index in [0.29, 0.717) is 5.82 Å². The summed E-state index contributed by atoms with van der Waals surface area (Å²) in [5.41, 5.74) is 5.81. The molecule has 0 saturated carbocycles. The lowest BCUT2D eigenvalue weighted by Gasteiger charge is -2.06. The zero-order valence-corrected chi connectivity index (χ0v) is 10.5. The first-order valence-corrected chi connectivity index (χ1v) is 6.92. The van der Waals surface area contributed by atoms with Gasteiger partial charge in [-0.05, 0) is 19.1 Å². The van der Waals surface area contributed by atoms with Crippen molar-refractivity contribution in [3.05, 3.63) is 30.1 Å². The highest BCUT2D eigenvalue weighted by Crippen LogP contribution is 2.21. The van der Waals surface area contributed by atoms with Crippen molar-refractivity contribution in [2.24, 2.45) is 0 Å². The van der Waals surface area contributed by atoms with Gasteiger partial charge in [0.05, 0.1) is 5.69 Å². The molecule has 0 atom stereocenters. The summed E-state index contributed by atoms with van der Waals surface area (Å²) in [7, 11) is -3.70. The molecule has 0 fully saturated rings. The molecule has 2 aromatic rings. The number of nitrogen functional groups attached to an aromatic ring is 1. The van der Waals surface area contributed by atoms with E-state index in [0.717, 1.165) is 11.5 Å². The topological polar surface area (TPSA) is 98.0 Å². The van der Waals surface area contributed by atoms with Crippen molar-refractivity contribution >= 4 is 32.4 Å². The Bertz CT molecular complexity index is 636. The van der Waals surface area contributed by atoms with Crippen LogP contribution in [-0.2, 0) is 10.0 Å². The Labute approximate surface area is 103 Å². The smallest absolute Gasteiger partial charge is 0.265 e. The zero-order chi connectivity index (χ0) is 12.5. The summed E-state index contributed by atoms with van der Waals surface area (Å²) in [6, 6.07) is 6.24. The van der Waals surface area contributed by atoms with Crippen molar-refractivity contribution < 1.29 is 8.42 Å². The maximum absolute atomic E-state index is 12.0. The van der Waals surface area contributed by atoms with Crippen LogP contribution in [0.2, 0.25) is 0 Å². The Morgan fingerprint density at radius 1 is 1.35 bits per heavy atom. The van der Waals surface area contributed by atoms with Crippen LogP contribution in [0.5, 0.6) is 0 Å². The SMILES string of the molecule is Cc1nsc(NS(=O)(=O)c2ccccc2N)n1. The van der Waals surface area contributed by atoms with E-state index in [9.17, 15) is 8.42 Å². The molecule has 0 radical (unpaired) electrons. The first-order chi connectivity index (χ1) is 7.99. The zero-order valence-electron chi connectivity index (χ0n) is 8.91. The standard InChI is InChI=1S/C9H10N4O2S2/c1-6-11-9(16-12-6)13-17(14,15)8-5-3-2-4-7(8)10/h2-5H,10H2,1H3,(H,11,12,13). The summed E-state index contributed by atoms with van der Waals surface area (Å²) in [5, 5.41) is 0.228. The van der Waals surface area contributed by atoms with E-state index in [1.54, 1.807) is 19.1 Å². The number of nitrogens with one attached hydrogen (secondary N) is 1. The van der Waals surface area contributed by atoms with Crippen molar-refractivity contribution in [3.63, 3.8) is 0 Å². The second-order valence-electron chi connectivity index (χ2n) is 3.29. The third-order valence-corrected chi connectivity index (χ3v) is 4.22. The van der Waals surface area contributed by atoms with E-state index < -0.39 is 10.0 Å². The highest BCUT2D eigenvalue weighted by Gasteiger charge is 2.18. The van der Waals surface area contributed by atoms with Gasteiger partial charge in [0, 0.05) is 11.5 Å². The summed E-state index contributed by atoms with van der Waals surface area (Å²) in [5.74, 6) is 0.522. The molecule has 0 spiro atoms. The Hall–Kier alpha value is -1.67. The Balaban J connectivity index is 2.35. The van der Waals surface area contributed by atoms with Crippen LogP contribution in [0.1, 0.15) is 5.82 Å². The van der Waals surface area contributed by atoms with Crippen molar-refractivity contribution in [1.82, 2.24) is 9.36 Å². The number of benzene rings is 1. The maximum atomic E-state index is 12.0. The van der Waals surface area contributed by atoms with Gasteiger partial charge in [0.25, 0.3) is 10.0 Å². The predicted octanol–water partition coefficient (Wildman–Crippen LogP) is 1.23. The molecule has 3 N–H and O–H groups in total. The molecule has 0 saturated heterocycles. The number of hydrogen-bond acceptors (Lipinski definition) is 6. The normalized spacial score (nSPS) is 11.4. The van der Waals surface area contributed by atoms with Crippen LogP contribution in [0.3, 0.4) is 0 Å². The molecule has 0 aliphatic carbocycles. The molecule has 8 heteroatoms. The number of nitrogens with zero attached hydrogens (tertiary/aromatic N) is 2. The fourth-order valence-electron chi connectivity index (χ4n) is 1.23. The van der Waals surface area contributed by atoms with Crippen LogP contribution >= 0.6 is 11.5 Å². The van der Waals surface area contributed by atoms with Gasteiger partial charge in [-0.3, -0.25) is 4.72 Å². The Morgan fingerprint density at radius 2 is 2.06 bits per heavy atom. The Kier molecular flexibility index (Phi) is 2.99. The van der Waals surface area contributed by atoms with Crippen molar-refractivity contribution in [2.75, 3.05) is 10.5 Å². The number of nitrogens with two attached hydrogens (primary N) is 1. The molecule has 6 nitrogen and oxygen atoms in total. The number of aromatic nitrogens is 2. The molecule has 0 bridgehead atoms. The third kappa shape index (κ3) is 2.53. The number of rotatable bonds is 3. The van der Waals surface area contributed by atoms with Crippen LogP contribution in [0.25, 0.3) is 0 Å². The van der Waals surface area contributed by atoms with Crippen LogP contribution < -0.4 is 10.5 Å². The first kappa shape index (κ1) is 11.8. The fourth-order valence-corrected chi connectivity index (χ4v) is 3.17. The quantitative estimate of drug-likeness (QED) is 0.817. The minimum atomic E-state index is -3.70. The van der Waals surface area contributed by atoms with Crippen molar-refractivity contribution in [3.8, 4) is 0 Å². The molecule has 1 aromatic carbocycles. The van der Waals surface area contributed by atoms with Gasteiger partial charge in [-0.1, -0.05) is 12.1 Å². The second-order valence-corrected chi connectivity index (χ2v) is 5.69. The van der Waals surface area contributed by atoms with E-state index in [1.807, 2.05) is 0 Å². The van der Waals surface area contributed by atoms with Gasteiger partial charge in [-0.2, -0.15) is 4.37 Å². The summed E-state index contributed by atoms with van der Waals surface area (Å²) in [4.78, 5) is 3.96. The largest absolute Gasteiger partial charge is 0.398 e. The van der Waals surface area contributed by atoms with Gasteiger partial charge in [0.15, 0.2) is 0 Å². The minimum Gasteiger partial charge on any atom is -0.398 e. The van der Waals surface area contributed by atoms with Crippen molar-refractivity contribution in [1.29, 1.82) is 0 Å². The summed E-state index contributed by atoms with van der Waals surface area (Å²) in [6.07, 6.45) is 0. The molecular formula is C9H10N4O2S2. The number of para-hydroxylation sites is 1. The lowest BCUT2D eigenvalue weighted by Crippen LogP contribution is -2.14. The fraction of sp³-hybridized carbons (Fsp3) is 0.111. The van der Waals surface area contributed by atoms with Gasteiger partial charge < -0.3 is 5.73 Å². The van der Waals surface area contributed by atoms with Gasteiger partial charge in [0.2, 0.25) is 5.13 Å². The van der Waals surface area contributed by atoms with Gasteiger partial charge in [-0.25, -0.2) is 13.4 Å². The number of hydrogen-bond donors (Lipinski definition) is 2. The lowest BCUT2D eigenvalue weighted by molar-refractivity contribution is 0.601. The molecule has 0 amide bonds. The van der Waals surface area contributed by atoms with E-state index >= 15 is 0 Å². The highest BCUT2D eigenvalue weighted by atomic mass is 32.2. The van der Waals surface area contributed by atoms with Crippen LogP contribution in [-0.4, -0.2) is 17.8 Å². The number of sulfonamides is 1. The monoisotopic (exact) mass is 270 g/mol. The molecule has 1 aromatic heterocycles. The van der Waals surface area contributed by atoms with Crippen LogP contribution in [0, 0.1) is 6.92 Å². The van der Waals surface area contributed by atoms with Crippen LogP contribution in [0.15, 0.2) is 29.2 Å². The summed E-state index contributed by atoms with van der Waals surface area (Å²) >= 11 is 0.985. The predicted molar refractivity (Wildman–Crippen MR) is 66.3 cm³/mol. The summed E-state index contributed by atoms with van der Waals surface area (Å²) in [6.45, 7) is 1.69. The molecule has 0 aliphatic heterocycles. The van der Waals surface area contributed by atoms with Crippen LogP contribution in [0.4, 0.5) is 10.8 Å². The number of anilines is 2. The Morgan fingerprint density at radius 3 is 2.65 bits per heavy atom. The first-order valence-electron chi connectivity index (χ1n) is 4.67. The molecule has 0 aliphatic rings. The van der Waals surface area contributed by atoms with E-state index in [1.165, 1.54) is 12.1 Å². The minimum absolute atomic E-state index is 0.0350. The molecular weight excluding hydrogens is 260 g/mol. The van der Waals surface area contributed by atoms with E-state index in [4.69, 9.17) is 5.73 Å². The molecule has 17 heavy (non-hydrogen) atoms. The summed E-state index contributed by atoms with van der Waals surface area (Å²) < 4.78 is 30.2. The maximum Gasteiger partial charge on any atom is 0.265 e. The highest BCUT2D eigenvalue weighted by molar-refractivity contribution is 7.93. The van der Waals surface area contributed by atoms with Gasteiger partial charge >= 0.3 is 0 Å². The third-order valence-electron chi connectivity index (χ3n) is 1.96. The van der Waals surface area contributed by atoms with Gasteiger partial charge in [0.1, 0.15) is 10.7 Å². The van der Waals surface area contributed by atoms with E-state index in [-0.39, 0.29) is 15.7 Å². The average molecular weight is 270 g/mol. The molecule has 1 heterocycles. The average Bonchev–Trinajstić information content (AvgIpc) is 2.63. The molecule has 90 valence electrons. The second kappa shape index (κ2) is 4.30. The van der Waals surface area contributed by atoms with Gasteiger partial charge in [-0.15, -0.1) is 0 Å².